The molecule has 1 atom stereocenters. The van der Waals surface area contributed by atoms with Gasteiger partial charge >= 0.3 is 0 Å². The minimum Gasteiger partial charge on any atom is -1.00 e. The number of benzene rings is 2. The van der Waals surface area contributed by atoms with Crippen LogP contribution in [0.5, 0.6) is 11.5 Å². The number of quaternary nitrogens is 1. The summed E-state index contributed by atoms with van der Waals surface area (Å²) >= 11 is 0. The number of nitrogens with zero attached hydrogens (tertiary/aromatic N) is 2. The Morgan fingerprint density at radius 1 is 0.923 bits per heavy atom. The molecular formula is C21H18ClN3O. The number of nitrogens with one attached hydrogen (secondary N) is 1. The van der Waals surface area contributed by atoms with Crippen molar-refractivity contribution in [2.75, 3.05) is 0 Å². The SMILES string of the molecule is C1=C[NH+]2C(c3ccc(Oc4ccccc4)cc3)=NC(C3CC3)=C2C=N1.[Cl-]. The summed E-state index contributed by atoms with van der Waals surface area (Å²) in [5, 5.41) is 0. The maximum Gasteiger partial charge on any atom is 0.243 e. The zero-order valence-electron chi connectivity index (χ0n) is 14.1. The molecular weight excluding hydrogens is 346 g/mol. The molecule has 4 nitrogen and oxygen atoms in total. The van der Waals surface area contributed by atoms with Crippen molar-refractivity contribution in [3.63, 3.8) is 0 Å². The van der Waals surface area contributed by atoms with Crippen LogP contribution in [0.4, 0.5) is 0 Å². The Labute approximate surface area is 158 Å². The van der Waals surface area contributed by atoms with Crippen LogP contribution in [0, 0.1) is 5.92 Å². The molecule has 1 N–H and O–H groups in total. The number of hydrogen-bond acceptors (Lipinski definition) is 3. The predicted molar refractivity (Wildman–Crippen MR) is 97.8 cm³/mol. The summed E-state index contributed by atoms with van der Waals surface area (Å²) in [7, 11) is 0. The van der Waals surface area contributed by atoms with Crippen LogP contribution in [0.3, 0.4) is 0 Å². The highest BCUT2D eigenvalue weighted by atomic mass is 35.5. The minimum absolute atomic E-state index is 0. The Morgan fingerprint density at radius 2 is 1.65 bits per heavy atom. The number of hydrogen-bond donors (Lipinski definition) is 1. The van der Waals surface area contributed by atoms with E-state index in [1.807, 2.05) is 54.9 Å². The monoisotopic (exact) mass is 363 g/mol. The predicted octanol–water partition coefficient (Wildman–Crippen LogP) is 0.305. The number of ether oxygens (including phenoxy) is 1. The van der Waals surface area contributed by atoms with Gasteiger partial charge in [0.2, 0.25) is 5.84 Å². The lowest BCUT2D eigenvalue weighted by Gasteiger charge is -2.13. The van der Waals surface area contributed by atoms with Crippen LogP contribution < -0.4 is 22.0 Å². The number of allylic oxidation sites excluding steroid dienone is 2. The molecule has 0 spiro atoms. The topological polar surface area (TPSA) is 38.4 Å². The summed E-state index contributed by atoms with van der Waals surface area (Å²) in [6, 6.07) is 18.0. The van der Waals surface area contributed by atoms with Crippen LogP contribution in [0.2, 0.25) is 0 Å². The van der Waals surface area contributed by atoms with Gasteiger partial charge in [0.15, 0.2) is 5.70 Å². The fourth-order valence-corrected chi connectivity index (χ4v) is 3.24. The number of amidine groups is 1. The van der Waals surface area contributed by atoms with Crippen molar-refractivity contribution in [2.45, 2.75) is 12.8 Å². The maximum atomic E-state index is 5.88. The van der Waals surface area contributed by atoms with E-state index in [4.69, 9.17) is 9.73 Å². The second kappa shape index (κ2) is 6.90. The highest BCUT2D eigenvalue weighted by molar-refractivity contribution is 5.98. The van der Waals surface area contributed by atoms with Crippen LogP contribution in [-0.4, -0.2) is 12.1 Å². The third kappa shape index (κ3) is 3.09. The first-order valence-corrected chi connectivity index (χ1v) is 8.62. The molecule has 26 heavy (non-hydrogen) atoms. The Balaban J connectivity index is 0.00000168. The van der Waals surface area contributed by atoms with Gasteiger partial charge in [-0.15, -0.1) is 0 Å². The van der Waals surface area contributed by atoms with Gasteiger partial charge in [-0.3, -0.25) is 4.99 Å². The molecule has 3 aliphatic rings. The van der Waals surface area contributed by atoms with Gasteiger partial charge < -0.3 is 17.1 Å². The highest BCUT2D eigenvalue weighted by Crippen LogP contribution is 2.39. The molecule has 0 amide bonds. The molecule has 0 bridgehead atoms. The van der Waals surface area contributed by atoms with Crippen LogP contribution >= 0.6 is 0 Å². The summed E-state index contributed by atoms with van der Waals surface area (Å²) in [6.07, 6.45) is 8.34. The third-order valence-corrected chi connectivity index (χ3v) is 4.66. The van der Waals surface area contributed by atoms with Crippen molar-refractivity contribution in [1.29, 1.82) is 0 Å². The van der Waals surface area contributed by atoms with Crippen molar-refractivity contribution in [3.05, 3.63) is 84.0 Å². The lowest BCUT2D eigenvalue weighted by molar-refractivity contribution is -0.689. The summed E-state index contributed by atoms with van der Waals surface area (Å²) in [4.78, 5) is 10.4. The molecule has 0 aromatic heterocycles. The van der Waals surface area contributed by atoms with Crippen molar-refractivity contribution in [2.24, 2.45) is 15.9 Å². The molecule has 2 aromatic rings. The van der Waals surface area contributed by atoms with Gasteiger partial charge in [-0.25, -0.2) is 4.90 Å². The summed E-state index contributed by atoms with van der Waals surface area (Å²) in [5.74, 6) is 3.33. The van der Waals surface area contributed by atoms with Gasteiger partial charge in [0, 0.05) is 5.92 Å². The van der Waals surface area contributed by atoms with Crippen molar-refractivity contribution in [1.82, 2.24) is 0 Å². The van der Waals surface area contributed by atoms with E-state index in [-0.39, 0.29) is 12.4 Å². The van der Waals surface area contributed by atoms with Gasteiger partial charge in [-0.05, 0) is 49.2 Å². The zero-order valence-corrected chi connectivity index (χ0v) is 14.9. The summed E-state index contributed by atoms with van der Waals surface area (Å²) in [6.45, 7) is 0. The average Bonchev–Trinajstić information content (AvgIpc) is 3.44. The fraction of sp³-hybridized carbons (Fsp3) is 0.143. The second-order valence-electron chi connectivity index (χ2n) is 6.48. The molecule has 5 heteroatoms. The standard InChI is InChI=1S/C21H17N3O.ClH/c1-2-4-17(5-3-1)25-18-10-8-16(9-11-18)21-23-20(15-6-7-15)19-14-22-12-13-24(19)21;/h1-5,8-15H,6-7H2;1H. The van der Waals surface area contributed by atoms with Gasteiger partial charge in [-0.1, -0.05) is 18.2 Å². The highest BCUT2D eigenvalue weighted by Gasteiger charge is 2.40. The van der Waals surface area contributed by atoms with Crippen molar-refractivity contribution in [3.8, 4) is 11.5 Å². The third-order valence-electron chi connectivity index (χ3n) is 4.66. The van der Waals surface area contributed by atoms with E-state index in [1.54, 1.807) is 0 Å². The fourth-order valence-electron chi connectivity index (χ4n) is 3.24. The number of rotatable bonds is 4. The van der Waals surface area contributed by atoms with Gasteiger partial charge in [0.05, 0.1) is 18.0 Å². The smallest absolute Gasteiger partial charge is 0.243 e. The van der Waals surface area contributed by atoms with E-state index in [1.165, 1.54) is 29.1 Å². The molecule has 0 radical (unpaired) electrons. The molecule has 130 valence electrons. The van der Waals surface area contributed by atoms with Crippen LogP contribution in [-0.2, 0) is 0 Å². The Hall–Kier alpha value is -2.69. The number of para-hydroxylation sites is 1. The molecule has 2 aliphatic heterocycles. The molecule has 1 fully saturated rings. The summed E-state index contributed by atoms with van der Waals surface area (Å²) < 4.78 is 5.88. The number of fused-ring (bicyclic) bond motifs is 1. The molecule has 1 unspecified atom stereocenters. The maximum absolute atomic E-state index is 5.88. The molecule has 0 saturated heterocycles. The first-order chi connectivity index (χ1) is 12.4. The molecule has 1 aliphatic carbocycles. The minimum atomic E-state index is 0. The second-order valence-corrected chi connectivity index (χ2v) is 6.48. The Kier molecular flexibility index (Phi) is 4.45. The first-order valence-electron chi connectivity index (χ1n) is 8.62. The number of halogens is 1. The summed E-state index contributed by atoms with van der Waals surface area (Å²) in [5.41, 5.74) is 3.52. The van der Waals surface area contributed by atoms with Crippen LogP contribution in [0.25, 0.3) is 0 Å². The zero-order chi connectivity index (χ0) is 16.6. The largest absolute Gasteiger partial charge is 1.00 e. The molecule has 5 rings (SSSR count). The first kappa shape index (κ1) is 16.8. The van der Waals surface area contributed by atoms with E-state index in [9.17, 15) is 0 Å². The Bertz CT molecular complexity index is 925. The van der Waals surface area contributed by atoms with Crippen LogP contribution in [0.1, 0.15) is 18.4 Å². The van der Waals surface area contributed by atoms with E-state index in [0.717, 1.165) is 22.9 Å². The van der Waals surface area contributed by atoms with E-state index in [2.05, 4.69) is 23.3 Å². The lowest BCUT2D eigenvalue weighted by Crippen LogP contribution is -3.08. The molecule has 2 heterocycles. The van der Waals surface area contributed by atoms with E-state index < -0.39 is 0 Å². The quantitative estimate of drug-likeness (QED) is 0.834. The van der Waals surface area contributed by atoms with E-state index in [0.29, 0.717) is 5.92 Å². The van der Waals surface area contributed by atoms with Gasteiger partial charge in [-0.2, -0.15) is 4.99 Å². The normalized spacial score (nSPS) is 20.5. The van der Waals surface area contributed by atoms with Gasteiger partial charge in [0.1, 0.15) is 23.4 Å². The van der Waals surface area contributed by atoms with Crippen molar-refractivity contribution >= 4 is 12.1 Å². The Morgan fingerprint density at radius 3 is 2.38 bits per heavy atom. The molecule has 1 saturated carbocycles. The van der Waals surface area contributed by atoms with Crippen molar-refractivity contribution < 1.29 is 22.0 Å². The number of aliphatic imine (C=N–C) groups is 2. The van der Waals surface area contributed by atoms with E-state index >= 15 is 0 Å². The average molecular weight is 364 g/mol. The molecule has 2 aromatic carbocycles. The lowest BCUT2D eigenvalue weighted by atomic mass is 10.2. The van der Waals surface area contributed by atoms with Gasteiger partial charge in [0.25, 0.3) is 0 Å². The van der Waals surface area contributed by atoms with Crippen LogP contribution in [0.15, 0.2) is 88.4 Å².